The first-order chi connectivity index (χ1) is 6.03. The summed E-state index contributed by atoms with van der Waals surface area (Å²) in [5.74, 6) is 0.517. The fraction of sp³-hybridized carbons (Fsp3) is 1.00. The molecular formula is C8H18N2O2S. The molecule has 0 saturated carbocycles. The van der Waals surface area contributed by atoms with Gasteiger partial charge in [0.2, 0.25) is 0 Å². The van der Waals surface area contributed by atoms with Gasteiger partial charge in [-0.15, -0.1) is 0 Å². The van der Waals surface area contributed by atoms with Crippen LogP contribution in [0.4, 0.5) is 0 Å². The Labute approximate surface area is 80.5 Å². The fourth-order valence-corrected chi connectivity index (χ4v) is 3.16. The maximum atomic E-state index is 11.5. The van der Waals surface area contributed by atoms with Crippen LogP contribution in [0.2, 0.25) is 0 Å². The van der Waals surface area contributed by atoms with Gasteiger partial charge >= 0.3 is 0 Å². The molecule has 0 aromatic rings. The molecule has 1 N–H and O–H groups in total. The molecule has 2 atom stereocenters. The minimum absolute atomic E-state index is 0.141. The van der Waals surface area contributed by atoms with E-state index in [0.29, 0.717) is 12.5 Å². The molecule has 0 spiro atoms. The molecule has 5 heteroatoms. The maximum absolute atomic E-state index is 11.5. The fourth-order valence-electron chi connectivity index (χ4n) is 1.97. The van der Waals surface area contributed by atoms with Gasteiger partial charge < -0.3 is 0 Å². The molecule has 4 nitrogen and oxygen atoms in total. The van der Waals surface area contributed by atoms with Crippen molar-refractivity contribution in [1.29, 1.82) is 0 Å². The highest BCUT2D eigenvalue weighted by atomic mass is 32.2. The zero-order chi connectivity index (χ0) is 10.1. The van der Waals surface area contributed by atoms with E-state index >= 15 is 0 Å². The Balaban J connectivity index is 2.76. The molecule has 1 aliphatic heterocycles. The predicted octanol–water partition coefficient (Wildman–Crippen LogP) is 0.571. The van der Waals surface area contributed by atoms with Gasteiger partial charge in [0.1, 0.15) is 0 Å². The maximum Gasteiger partial charge on any atom is 0.279 e. The first-order valence-electron chi connectivity index (χ1n) is 4.73. The van der Waals surface area contributed by atoms with Gasteiger partial charge in [-0.2, -0.15) is 12.7 Å². The number of nitrogens with zero attached hydrogens (tertiary/aromatic N) is 1. The standard InChI is InChI=1S/C8H18N2O2S/c1-4-8-5-6-10(7(8)2)13(11,12)9-3/h7-9H,4-6H2,1-3H3. The molecule has 0 radical (unpaired) electrons. The van der Waals surface area contributed by atoms with Crippen molar-refractivity contribution in [2.75, 3.05) is 13.6 Å². The minimum atomic E-state index is -3.21. The highest BCUT2D eigenvalue weighted by Crippen LogP contribution is 2.28. The average Bonchev–Trinajstić information content (AvgIpc) is 2.47. The molecule has 78 valence electrons. The Bertz CT molecular complexity index is 263. The first-order valence-corrected chi connectivity index (χ1v) is 6.17. The van der Waals surface area contributed by atoms with Crippen LogP contribution >= 0.6 is 0 Å². The summed E-state index contributed by atoms with van der Waals surface area (Å²) in [5, 5.41) is 0. The number of hydrogen-bond acceptors (Lipinski definition) is 2. The number of rotatable bonds is 3. The molecule has 1 aliphatic rings. The average molecular weight is 206 g/mol. The molecule has 0 bridgehead atoms. The smallest absolute Gasteiger partial charge is 0.205 e. The van der Waals surface area contributed by atoms with E-state index < -0.39 is 10.2 Å². The Morgan fingerprint density at radius 2 is 2.15 bits per heavy atom. The van der Waals surface area contributed by atoms with Crippen LogP contribution in [0.25, 0.3) is 0 Å². The van der Waals surface area contributed by atoms with Crippen molar-refractivity contribution in [1.82, 2.24) is 9.03 Å². The Hall–Kier alpha value is -0.130. The van der Waals surface area contributed by atoms with Crippen molar-refractivity contribution in [3.05, 3.63) is 0 Å². The normalized spacial score (nSPS) is 31.0. The summed E-state index contributed by atoms with van der Waals surface area (Å²) in [6.45, 7) is 4.75. The predicted molar refractivity (Wildman–Crippen MR) is 52.5 cm³/mol. The van der Waals surface area contributed by atoms with Crippen molar-refractivity contribution in [3.8, 4) is 0 Å². The van der Waals surface area contributed by atoms with E-state index in [4.69, 9.17) is 0 Å². The second-order valence-electron chi connectivity index (χ2n) is 3.52. The minimum Gasteiger partial charge on any atom is -0.205 e. The van der Waals surface area contributed by atoms with Gasteiger partial charge in [0, 0.05) is 19.6 Å². The quantitative estimate of drug-likeness (QED) is 0.734. The van der Waals surface area contributed by atoms with Crippen LogP contribution in [-0.4, -0.2) is 32.4 Å². The number of hydrogen-bond donors (Lipinski definition) is 1. The van der Waals surface area contributed by atoms with Gasteiger partial charge in [-0.1, -0.05) is 13.3 Å². The van der Waals surface area contributed by atoms with Crippen LogP contribution in [0.3, 0.4) is 0 Å². The zero-order valence-electron chi connectivity index (χ0n) is 8.45. The van der Waals surface area contributed by atoms with Crippen molar-refractivity contribution in [2.24, 2.45) is 5.92 Å². The first kappa shape index (κ1) is 10.9. The lowest BCUT2D eigenvalue weighted by Gasteiger charge is -2.22. The summed E-state index contributed by atoms with van der Waals surface area (Å²) in [4.78, 5) is 0. The van der Waals surface area contributed by atoms with Gasteiger partial charge in [0.05, 0.1) is 0 Å². The van der Waals surface area contributed by atoms with Crippen LogP contribution < -0.4 is 4.72 Å². The molecule has 0 aliphatic carbocycles. The molecule has 13 heavy (non-hydrogen) atoms. The van der Waals surface area contributed by atoms with E-state index in [2.05, 4.69) is 11.6 Å². The van der Waals surface area contributed by atoms with Gasteiger partial charge in [-0.3, -0.25) is 0 Å². The molecule has 1 fully saturated rings. The zero-order valence-corrected chi connectivity index (χ0v) is 9.26. The Morgan fingerprint density at radius 1 is 1.54 bits per heavy atom. The second-order valence-corrected chi connectivity index (χ2v) is 5.34. The molecule has 2 unspecified atom stereocenters. The molecule has 0 aromatic heterocycles. The van der Waals surface area contributed by atoms with Crippen LogP contribution in [0.15, 0.2) is 0 Å². The van der Waals surface area contributed by atoms with Crippen molar-refractivity contribution >= 4 is 10.2 Å². The molecular weight excluding hydrogens is 188 g/mol. The SMILES string of the molecule is CCC1CCN(S(=O)(=O)NC)C1C. The van der Waals surface area contributed by atoms with Crippen LogP contribution in [0.1, 0.15) is 26.7 Å². The monoisotopic (exact) mass is 206 g/mol. The molecule has 1 rings (SSSR count). The lowest BCUT2D eigenvalue weighted by molar-refractivity contribution is 0.350. The van der Waals surface area contributed by atoms with Crippen molar-refractivity contribution in [3.63, 3.8) is 0 Å². The summed E-state index contributed by atoms with van der Waals surface area (Å²) in [7, 11) is -1.75. The van der Waals surface area contributed by atoms with E-state index in [1.165, 1.54) is 7.05 Å². The summed E-state index contributed by atoms with van der Waals surface area (Å²) >= 11 is 0. The summed E-state index contributed by atoms with van der Waals surface area (Å²) in [6, 6.07) is 0.141. The Morgan fingerprint density at radius 3 is 2.54 bits per heavy atom. The highest BCUT2D eigenvalue weighted by molar-refractivity contribution is 7.87. The van der Waals surface area contributed by atoms with Gasteiger partial charge in [0.15, 0.2) is 0 Å². The molecule has 1 heterocycles. The topological polar surface area (TPSA) is 49.4 Å². The van der Waals surface area contributed by atoms with Gasteiger partial charge in [-0.05, 0) is 19.3 Å². The lowest BCUT2D eigenvalue weighted by Crippen LogP contribution is -2.42. The van der Waals surface area contributed by atoms with Crippen LogP contribution in [0.5, 0.6) is 0 Å². The highest BCUT2D eigenvalue weighted by Gasteiger charge is 2.36. The van der Waals surface area contributed by atoms with Crippen LogP contribution in [-0.2, 0) is 10.2 Å². The second kappa shape index (κ2) is 3.94. The van der Waals surface area contributed by atoms with E-state index in [0.717, 1.165) is 12.8 Å². The number of nitrogens with one attached hydrogen (secondary N) is 1. The van der Waals surface area contributed by atoms with E-state index in [1.54, 1.807) is 4.31 Å². The largest absolute Gasteiger partial charge is 0.279 e. The summed E-state index contributed by atoms with van der Waals surface area (Å²) < 4.78 is 26.9. The van der Waals surface area contributed by atoms with Gasteiger partial charge in [0.25, 0.3) is 10.2 Å². The van der Waals surface area contributed by atoms with Crippen molar-refractivity contribution in [2.45, 2.75) is 32.7 Å². The third kappa shape index (κ3) is 2.03. The van der Waals surface area contributed by atoms with Crippen LogP contribution in [0, 0.1) is 5.92 Å². The van der Waals surface area contributed by atoms with E-state index in [9.17, 15) is 8.42 Å². The molecule has 0 amide bonds. The Kier molecular flexibility index (Phi) is 3.32. The third-order valence-electron chi connectivity index (χ3n) is 2.95. The lowest BCUT2D eigenvalue weighted by atomic mass is 10.00. The van der Waals surface area contributed by atoms with E-state index in [-0.39, 0.29) is 6.04 Å². The van der Waals surface area contributed by atoms with E-state index in [1.807, 2.05) is 6.92 Å². The third-order valence-corrected chi connectivity index (χ3v) is 4.60. The van der Waals surface area contributed by atoms with Gasteiger partial charge in [-0.25, -0.2) is 4.72 Å². The molecule has 1 saturated heterocycles. The van der Waals surface area contributed by atoms with Crippen molar-refractivity contribution < 1.29 is 8.42 Å². The summed E-state index contributed by atoms with van der Waals surface area (Å²) in [5.41, 5.74) is 0. The summed E-state index contributed by atoms with van der Waals surface area (Å²) in [6.07, 6.45) is 2.04. The molecule has 0 aromatic carbocycles.